The Morgan fingerprint density at radius 2 is 1.58 bits per heavy atom. The minimum absolute atomic E-state index is 0.0282. The van der Waals surface area contributed by atoms with Crippen LogP contribution in [0.2, 0.25) is 0 Å². The van der Waals surface area contributed by atoms with Crippen LogP contribution in [0.5, 0.6) is 0 Å². The molecule has 0 amide bonds. The molecule has 0 heterocycles. The van der Waals surface area contributed by atoms with E-state index < -0.39 is 21.7 Å². The van der Waals surface area contributed by atoms with E-state index in [0.29, 0.717) is 0 Å². The smallest absolute Gasteiger partial charge is 0.261 e. The van der Waals surface area contributed by atoms with Crippen molar-refractivity contribution in [2.45, 2.75) is 4.90 Å². The first-order valence-electron chi connectivity index (χ1n) is 5.12. The van der Waals surface area contributed by atoms with Gasteiger partial charge in [0.05, 0.1) is 10.6 Å². The summed E-state index contributed by atoms with van der Waals surface area (Å²) in [6.07, 6.45) is 0. The SMILES string of the molecule is O=S(=O)(Nc1ccc(F)c(F)c1)c1ccc(Br)cc1. The summed E-state index contributed by atoms with van der Waals surface area (Å²) in [5, 5.41) is 0. The van der Waals surface area contributed by atoms with E-state index in [4.69, 9.17) is 0 Å². The van der Waals surface area contributed by atoms with E-state index in [9.17, 15) is 17.2 Å². The van der Waals surface area contributed by atoms with Gasteiger partial charge in [-0.1, -0.05) is 15.9 Å². The molecule has 0 unspecified atom stereocenters. The molecular formula is C12H8BrF2NO2S. The summed E-state index contributed by atoms with van der Waals surface area (Å²) < 4.78 is 52.6. The van der Waals surface area contributed by atoms with E-state index in [0.717, 1.165) is 22.7 Å². The van der Waals surface area contributed by atoms with E-state index in [1.54, 1.807) is 12.1 Å². The highest BCUT2D eigenvalue weighted by Crippen LogP contribution is 2.19. The molecule has 0 aliphatic heterocycles. The van der Waals surface area contributed by atoms with Gasteiger partial charge in [-0.2, -0.15) is 0 Å². The van der Waals surface area contributed by atoms with E-state index in [2.05, 4.69) is 20.7 Å². The molecule has 2 aromatic carbocycles. The lowest BCUT2D eigenvalue weighted by molar-refractivity contribution is 0.509. The summed E-state index contributed by atoms with van der Waals surface area (Å²) in [6, 6.07) is 8.72. The topological polar surface area (TPSA) is 46.2 Å². The van der Waals surface area contributed by atoms with Gasteiger partial charge in [-0.15, -0.1) is 0 Å². The highest BCUT2D eigenvalue weighted by atomic mass is 79.9. The van der Waals surface area contributed by atoms with Gasteiger partial charge in [0.25, 0.3) is 10.0 Å². The zero-order chi connectivity index (χ0) is 14.0. The lowest BCUT2D eigenvalue weighted by atomic mass is 10.3. The van der Waals surface area contributed by atoms with Crippen LogP contribution in [0.1, 0.15) is 0 Å². The van der Waals surface area contributed by atoms with Crippen molar-refractivity contribution in [3.8, 4) is 0 Å². The normalized spacial score (nSPS) is 11.3. The zero-order valence-electron chi connectivity index (χ0n) is 9.40. The molecule has 0 aliphatic rings. The quantitative estimate of drug-likeness (QED) is 0.923. The fourth-order valence-electron chi connectivity index (χ4n) is 1.39. The van der Waals surface area contributed by atoms with E-state index in [1.807, 2.05) is 0 Å². The predicted molar refractivity (Wildman–Crippen MR) is 71.3 cm³/mol. The first kappa shape index (κ1) is 14.0. The maximum atomic E-state index is 13.0. The van der Waals surface area contributed by atoms with Gasteiger partial charge in [-0.05, 0) is 36.4 Å². The Balaban J connectivity index is 2.30. The Bertz CT molecular complexity index is 702. The van der Waals surface area contributed by atoms with E-state index in [-0.39, 0.29) is 10.6 Å². The van der Waals surface area contributed by atoms with Gasteiger partial charge in [-0.3, -0.25) is 4.72 Å². The third-order valence-electron chi connectivity index (χ3n) is 2.30. The third kappa shape index (κ3) is 3.30. The molecule has 100 valence electrons. The van der Waals surface area contributed by atoms with Gasteiger partial charge in [0, 0.05) is 10.5 Å². The first-order chi connectivity index (χ1) is 8.88. The lowest BCUT2D eigenvalue weighted by Gasteiger charge is -2.08. The average molecular weight is 348 g/mol. The number of rotatable bonds is 3. The Morgan fingerprint density at radius 1 is 0.947 bits per heavy atom. The molecule has 0 fully saturated rings. The minimum Gasteiger partial charge on any atom is -0.280 e. The molecule has 1 N–H and O–H groups in total. The summed E-state index contributed by atoms with van der Waals surface area (Å²) in [7, 11) is -3.82. The number of nitrogens with one attached hydrogen (secondary N) is 1. The highest BCUT2D eigenvalue weighted by molar-refractivity contribution is 9.10. The van der Waals surface area contributed by atoms with Crippen LogP contribution in [-0.4, -0.2) is 8.42 Å². The Hall–Kier alpha value is -1.47. The van der Waals surface area contributed by atoms with Gasteiger partial charge >= 0.3 is 0 Å². The van der Waals surface area contributed by atoms with Crippen LogP contribution in [-0.2, 0) is 10.0 Å². The molecule has 0 aromatic heterocycles. The second-order valence-corrected chi connectivity index (χ2v) is 6.29. The second-order valence-electron chi connectivity index (χ2n) is 3.69. The summed E-state index contributed by atoms with van der Waals surface area (Å²) in [5.74, 6) is -2.15. The summed E-state index contributed by atoms with van der Waals surface area (Å²) >= 11 is 3.19. The van der Waals surface area contributed by atoms with Crippen molar-refractivity contribution in [2.75, 3.05) is 4.72 Å². The summed E-state index contributed by atoms with van der Waals surface area (Å²) in [6.45, 7) is 0. The Morgan fingerprint density at radius 3 is 2.16 bits per heavy atom. The van der Waals surface area contributed by atoms with Gasteiger partial charge < -0.3 is 0 Å². The molecule has 0 aliphatic carbocycles. The largest absolute Gasteiger partial charge is 0.280 e. The monoisotopic (exact) mass is 347 g/mol. The molecule has 0 saturated heterocycles. The summed E-state index contributed by atoms with van der Waals surface area (Å²) in [4.78, 5) is 0.0282. The maximum absolute atomic E-state index is 13.0. The third-order valence-corrected chi connectivity index (χ3v) is 4.22. The number of halogens is 3. The van der Waals surface area contributed by atoms with Gasteiger partial charge in [0.15, 0.2) is 11.6 Å². The van der Waals surface area contributed by atoms with Crippen molar-refractivity contribution >= 4 is 31.6 Å². The number of hydrogen-bond donors (Lipinski definition) is 1. The van der Waals surface area contributed by atoms with Crippen molar-refractivity contribution < 1.29 is 17.2 Å². The average Bonchev–Trinajstić information content (AvgIpc) is 2.34. The van der Waals surface area contributed by atoms with Gasteiger partial charge in [0.2, 0.25) is 0 Å². The van der Waals surface area contributed by atoms with Crippen LogP contribution in [0.3, 0.4) is 0 Å². The van der Waals surface area contributed by atoms with Crippen LogP contribution < -0.4 is 4.72 Å². The standard InChI is InChI=1S/C12H8BrF2NO2S/c13-8-1-4-10(5-2-8)19(17,18)16-9-3-6-11(14)12(15)7-9/h1-7,16H. The number of sulfonamides is 1. The summed E-state index contributed by atoms with van der Waals surface area (Å²) in [5.41, 5.74) is -0.0400. The van der Waals surface area contributed by atoms with Crippen LogP contribution >= 0.6 is 15.9 Å². The molecule has 2 aromatic rings. The predicted octanol–water partition coefficient (Wildman–Crippen LogP) is 3.53. The Kier molecular flexibility index (Phi) is 3.86. The number of anilines is 1. The fraction of sp³-hybridized carbons (Fsp3) is 0. The molecule has 0 spiro atoms. The molecule has 2 rings (SSSR count). The van der Waals surface area contributed by atoms with Crippen LogP contribution in [0, 0.1) is 11.6 Å². The lowest BCUT2D eigenvalue weighted by Crippen LogP contribution is -2.13. The molecule has 19 heavy (non-hydrogen) atoms. The minimum atomic E-state index is -3.82. The Labute approximate surface area is 117 Å². The molecule has 0 atom stereocenters. The van der Waals surface area contributed by atoms with E-state index >= 15 is 0 Å². The van der Waals surface area contributed by atoms with Crippen molar-refractivity contribution in [3.05, 3.63) is 58.6 Å². The maximum Gasteiger partial charge on any atom is 0.261 e. The van der Waals surface area contributed by atoms with Crippen LogP contribution in [0.25, 0.3) is 0 Å². The number of hydrogen-bond acceptors (Lipinski definition) is 2. The highest BCUT2D eigenvalue weighted by Gasteiger charge is 2.14. The van der Waals surface area contributed by atoms with Crippen molar-refractivity contribution in [3.63, 3.8) is 0 Å². The second kappa shape index (κ2) is 5.26. The van der Waals surface area contributed by atoms with Gasteiger partial charge in [-0.25, -0.2) is 17.2 Å². The van der Waals surface area contributed by atoms with Crippen molar-refractivity contribution in [2.24, 2.45) is 0 Å². The zero-order valence-corrected chi connectivity index (χ0v) is 11.8. The molecule has 3 nitrogen and oxygen atoms in total. The molecular weight excluding hydrogens is 340 g/mol. The van der Waals surface area contributed by atoms with Crippen molar-refractivity contribution in [1.29, 1.82) is 0 Å². The van der Waals surface area contributed by atoms with Gasteiger partial charge in [0.1, 0.15) is 0 Å². The first-order valence-corrected chi connectivity index (χ1v) is 7.39. The molecule has 0 saturated carbocycles. The fourth-order valence-corrected chi connectivity index (χ4v) is 2.70. The van der Waals surface area contributed by atoms with Crippen LogP contribution in [0.4, 0.5) is 14.5 Å². The number of benzene rings is 2. The van der Waals surface area contributed by atoms with Crippen LogP contribution in [0.15, 0.2) is 51.8 Å². The molecule has 0 bridgehead atoms. The van der Waals surface area contributed by atoms with Crippen molar-refractivity contribution in [1.82, 2.24) is 0 Å². The van der Waals surface area contributed by atoms with E-state index in [1.165, 1.54) is 12.1 Å². The molecule has 7 heteroatoms. The molecule has 0 radical (unpaired) electrons.